The molecule has 8 saturated carbocycles. The average molecular weight is 892 g/mol. The van der Waals surface area contributed by atoms with Crippen molar-refractivity contribution >= 4 is 0 Å². The highest BCUT2D eigenvalue weighted by atomic mass is 14.5. The monoisotopic (exact) mass is 891 g/mol. The highest BCUT2D eigenvalue weighted by Crippen LogP contribution is 2.60. The molecule has 0 amide bonds. The third-order valence-electron chi connectivity index (χ3n) is 16.3. The summed E-state index contributed by atoms with van der Waals surface area (Å²) >= 11 is 0. The highest BCUT2D eigenvalue weighted by Gasteiger charge is 2.48. The molecule has 8 aliphatic carbocycles. The van der Waals surface area contributed by atoms with Gasteiger partial charge in [0, 0.05) is 0 Å². The number of rotatable bonds is 6. The molecule has 0 N–H and O–H groups in total. The molecular formula is C63H134. The normalized spacial score (nSPS) is 22.3. The maximum atomic E-state index is 2.38. The van der Waals surface area contributed by atoms with Crippen molar-refractivity contribution in [3.05, 3.63) is 0 Å². The van der Waals surface area contributed by atoms with Gasteiger partial charge in [0.1, 0.15) is 0 Å². The lowest BCUT2D eigenvalue weighted by molar-refractivity contribution is -0.0435. The van der Waals surface area contributed by atoms with E-state index in [-0.39, 0.29) is 0 Å². The van der Waals surface area contributed by atoms with Gasteiger partial charge in [0.25, 0.3) is 0 Å². The second-order valence-corrected chi connectivity index (χ2v) is 22.3. The molecule has 0 aromatic rings. The lowest BCUT2D eigenvalue weighted by Gasteiger charge is -2.55. The van der Waals surface area contributed by atoms with Crippen LogP contribution >= 0.6 is 0 Å². The molecule has 0 aromatic carbocycles. The summed E-state index contributed by atoms with van der Waals surface area (Å²) in [4.78, 5) is 0. The van der Waals surface area contributed by atoms with Crippen molar-refractivity contribution in [3.63, 3.8) is 0 Å². The van der Waals surface area contributed by atoms with E-state index in [0.717, 1.165) is 81.8 Å². The van der Waals surface area contributed by atoms with E-state index in [2.05, 4.69) is 83.1 Å². The zero-order valence-electron chi connectivity index (χ0n) is 49.6. The van der Waals surface area contributed by atoms with Crippen LogP contribution in [0.4, 0.5) is 0 Å². The van der Waals surface area contributed by atoms with Crippen LogP contribution < -0.4 is 0 Å². The van der Waals surface area contributed by atoms with Crippen molar-refractivity contribution in [3.8, 4) is 0 Å². The molecule has 0 aliphatic heterocycles. The first-order chi connectivity index (χ1) is 30.2. The van der Waals surface area contributed by atoms with Crippen LogP contribution in [-0.2, 0) is 0 Å². The summed E-state index contributed by atoms with van der Waals surface area (Å²) in [5, 5.41) is 0. The molecule has 0 nitrogen and oxygen atoms in total. The fourth-order valence-corrected chi connectivity index (χ4v) is 10.5. The Labute approximate surface area is 406 Å². The standard InChI is InChI=1S/C11H20.C10H18.C9H18.C8H16.C7H14.C6H12.6C2H6/c1-9(2)10-3-5-11(6-4-10)7-8-11;1-8(2)9-6-10(7-9)4-3-5-10;1-8(2)9-6-4-3-5-7-9;1-7(2)8-5-3-4-6-8;1-6(2)7-4-3-5-7;1-5(2)6-3-4-6;6*1-2/h9-10H,3-8H2,1-2H3;8-9H,3-7H2,1-2H3;8-9H,3-7H2,1-2H3;7-8H,3-6H2,1-2H3;6-7H,3-5H2,1-2H3;5-6H,3-4H2,1-2H3;6*1-2H3. The second-order valence-electron chi connectivity index (χ2n) is 22.3. The predicted octanol–water partition coefficient (Wildman–Crippen LogP) is 23.5. The maximum Gasteiger partial charge on any atom is -0.0292 e. The molecule has 8 fully saturated rings. The quantitative estimate of drug-likeness (QED) is 0.249. The zero-order valence-corrected chi connectivity index (χ0v) is 49.6. The second kappa shape index (κ2) is 43.3. The van der Waals surface area contributed by atoms with Gasteiger partial charge in [0.15, 0.2) is 0 Å². The van der Waals surface area contributed by atoms with Crippen molar-refractivity contribution in [2.45, 2.75) is 327 Å². The summed E-state index contributed by atoms with van der Waals surface area (Å²) < 4.78 is 0. The van der Waals surface area contributed by atoms with Gasteiger partial charge in [-0.05, 0) is 159 Å². The van der Waals surface area contributed by atoms with Gasteiger partial charge in [0.2, 0.25) is 0 Å². The van der Waals surface area contributed by atoms with Crippen LogP contribution in [0.25, 0.3) is 0 Å². The van der Waals surface area contributed by atoms with Crippen molar-refractivity contribution in [2.75, 3.05) is 0 Å². The van der Waals surface area contributed by atoms with Crippen LogP contribution in [0.1, 0.15) is 327 Å². The fourth-order valence-electron chi connectivity index (χ4n) is 10.5. The molecule has 0 heteroatoms. The van der Waals surface area contributed by atoms with Crippen LogP contribution in [0, 0.1) is 81.8 Å². The molecule has 8 aliphatic rings. The summed E-state index contributed by atoms with van der Waals surface area (Å²) in [5.74, 6) is 12.1. The first-order valence-corrected chi connectivity index (χ1v) is 30.2. The lowest BCUT2D eigenvalue weighted by Crippen LogP contribution is -2.44. The molecule has 0 atom stereocenters. The van der Waals surface area contributed by atoms with Gasteiger partial charge in [-0.2, -0.15) is 0 Å². The Balaban J connectivity index is -0.000000318. The Morgan fingerprint density at radius 3 is 0.651 bits per heavy atom. The zero-order chi connectivity index (χ0) is 49.6. The summed E-state index contributed by atoms with van der Waals surface area (Å²) in [5.41, 5.74) is 1.79. The van der Waals surface area contributed by atoms with E-state index in [9.17, 15) is 0 Å². The van der Waals surface area contributed by atoms with Crippen molar-refractivity contribution in [1.82, 2.24) is 0 Å². The molecule has 0 aromatic heterocycles. The van der Waals surface area contributed by atoms with Gasteiger partial charge in [-0.3, -0.25) is 0 Å². The Morgan fingerprint density at radius 2 is 0.476 bits per heavy atom. The molecule has 2 spiro atoms. The highest BCUT2D eigenvalue weighted by molar-refractivity contribution is 4.99. The maximum absolute atomic E-state index is 2.38. The van der Waals surface area contributed by atoms with Gasteiger partial charge in [-0.1, -0.05) is 250 Å². The molecule has 0 bridgehead atoms. The SMILES string of the molecule is CC.CC.CC.CC.CC.CC.CC(C)C1CC1.CC(C)C1CC2(CCC2)C1.CC(C)C1CCC1.CC(C)C1CCC2(CC1)CC2.CC(C)C1CCCC1.CC(C)C1CCCCC1. The summed E-state index contributed by atoms with van der Waals surface area (Å²) in [6, 6.07) is 0. The number of hydrogen-bond acceptors (Lipinski definition) is 0. The van der Waals surface area contributed by atoms with E-state index in [1.807, 2.05) is 83.1 Å². The molecule has 0 heterocycles. The summed E-state index contributed by atoms with van der Waals surface area (Å²) in [6.07, 6.45) is 37.9. The van der Waals surface area contributed by atoms with Crippen LogP contribution in [0.15, 0.2) is 0 Å². The van der Waals surface area contributed by atoms with Crippen molar-refractivity contribution < 1.29 is 0 Å². The molecular weight excluding hydrogens is 757 g/mol. The molecule has 0 unspecified atom stereocenters. The van der Waals surface area contributed by atoms with E-state index >= 15 is 0 Å². The Bertz CT molecular complexity index is 842. The van der Waals surface area contributed by atoms with Crippen molar-refractivity contribution in [1.29, 1.82) is 0 Å². The van der Waals surface area contributed by atoms with Gasteiger partial charge in [0.05, 0.1) is 0 Å². The molecule has 63 heavy (non-hydrogen) atoms. The predicted molar refractivity (Wildman–Crippen MR) is 298 cm³/mol. The number of hydrogen-bond donors (Lipinski definition) is 0. The minimum atomic E-state index is 0.894. The van der Waals surface area contributed by atoms with Crippen LogP contribution in [0.5, 0.6) is 0 Å². The molecule has 0 radical (unpaired) electrons. The molecule has 0 saturated heterocycles. The summed E-state index contributed by atoms with van der Waals surface area (Å²) in [7, 11) is 0. The van der Waals surface area contributed by atoms with Crippen LogP contribution in [0.2, 0.25) is 0 Å². The summed E-state index contributed by atoms with van der Waals surface area (Å²) in [6.45, 7) is 52.2. The van der Waals surface area contributed by atoms with E-state index in [0.29, 0.717) is 0 Å². The van der Waals surface area contributed by atoms with E-state index in [1.165, 1.54) is 109 Å². The lowest BCUT2D eigenvalue weighted by atomic mass is 9.50. The molecule has 8 rings (SSSR count). The first-order valence-electron chi connectivity index (χ1n) is 30.2. The molecule has 386 valence electrons. The Morgan fingerprint density at radius 1 is 0.222 bits per heavy atom. The first kappa shape index (κ1) is 69.6. The van der Waals surface area contributed by atoms with Gasteiger partial charge in [-0.25, -0.2) is 0 Å². The van der Waals surface area contributed by atoms with Gasteiger partial charge in [-0.15, -0.1) is 0 Å². The minimum absolute atomic E-state index is 0.894. The van der Waals surface area contributed by atoms with Gasteiger partial charge < -0.3 is 0 Å². The average Bonchev–Trinajstić information content (AvgIpc) is 4.19. The van der Waals surface area contributed by atoms with Crippen LogP contribution in [-0.4, -0.2) is 0 Å². The van der Waals surface area contributed by atoms with Gasteiger partial charge >= 0.3 is 0 Å². The smallest absolute Gasteiger partial charge is 0.0292 e. The van der Waals surface area contributed by atoms with Crippen molar-refractivity contribution in [2.24, 2.45) is 81.8 Å². The largest absolute Gasteiger partial charge is 0.0683 e. The Hall–Kier alpha value is 0. The minimum Gasteiger partial charge on any atom is -0.0683 e. The Kier molecular flexibility index (Phi) is 47.8. The van der Waals surface area contributed by atoms with Crippen LogP contribution in [0.3, 0.4) is 0 Å². The topological polar surface area (TPSA) is 0 Å². The third kappa shape index (κ3) is 32.4. The van der Waals surface area contributed by atoms with E-state index in [4.69, 9.17) is 0 Å². The van der Waals surface area contributed by atoms with E-state index < -0.39 is 0 Å². The van der Waals surface area contributed by atoms with E-state index in [1.54, 1.807) is 51.4 Å². The third-order valence-corrected chi connectivity index (χ3v) is 16.3. The fraction of sp³-hybridized carbons (Fsp3) is 1.00.